The number of aromatic nitrogens is 3. The van der Waals surface area contributed by atoms with Gasteiger partial charge in [-0.05, 0) is 80.3 Å². The summed E-state index contributed by atoms with van der Waals surface area (Å²) in [5.41, 5.74) is 4.20. The predicted octanol–water partition coefficient (Wildman–Crippen LogP) is 4.04. The second-order valence-corrected chi connectivity index (χ2v) is 12.4. The lowest BCUT2D eigenvalue weighted by molar-refractivity contribution is -0.133. The number of methoxy groups -OCH3 is 1. The minimum Gasteiger partial charge on any atom is -0.493 e. The number of pyridine rings is 1. The maximum absolute atomic E-state index is 13.8. The van der Waals surface area contributed by atoms with Gasteiger partial charge in [0.1, 0.15) is 5.69 Å². The maximum Gasteiger partial charge on any atom is 0.236 e. The quantitative estimate of drug-likeness (QED) is 0.173. The van der Waals surface area contributed by atoms with Crippen LogP contribution >= 0.6 is 0 Å². The van der Waals surface area contributed by atoms with Gasteiger partial charge in [0.15, 0.2) is 18.4 Å². The zero-order chi connectivity index (χ0) is 33.0. The molecule has 2 aromatic heterocycles. The molecule has 47 heavy (non-hydrogen) atoms. The minimum absolute atomic E-state index is 0.0830. The molecule has 12 nitrogen and oxygen atoms in total. The van der Waals surface area contributed by atoms with Gasteiger partial charge in [-0.3, -0.25) is 24.6 Å². The van der Waals surface area contributed by atoms with Crippen LogP contribution in [-0.4, -0.2) is 90.6 Å². The van der Waals surface area contributed by atoms with E-state index in [0.29, 0.717) is 49.0 Å². The maximum atomic E-state index is 13.8. The summed E-state index contributed by atoms with van der Waals surface area (Å²) < 4.78 is 23.7. The Morgan fingerprint density at radius 1 is 1.17 bits per heavy atom. The first-order valence-corrected chi connectivity index (χ1v) is 15.7. The zero-order valence-corrected chi connectivity index (χ0v) is 26.6. The first-order chi connectivity index (χ1) is 22.8. The second kappa shape index (κ2) is 14.0. The topological polar surface area (TPSA) is 148 Å². The third-order valence-electron chi connectivity index (χ3n) is 9.12. The number of likely N-dealkylation sites (N-methyl/N-ethyl adjacent to an activating group) is 1. The molecule has 2 amide bonds. The molecule has 1 saturated heterocycles. The molecule has 0 bridgehead atoms. The Hall–Kier alpha value is -4.59. The molecule has 4 aromatic rings. The van der Waals surface area contributed by atoms with Crippen molar-refractivity contribution in [1.82, 2.24) is 25.0 Å². The van der Waals surface area contributed by atoms with Crippen LogP contribution in [0.4, 0.5) is 10.1 Å². The van der Waals surface area contributed by atoms with Gasteiger partial charge in [-0.2, -0.15) is 11.0 Å². The molecule has 248 valence electrons. The molecule has 1 aliphatic heterocycles. The lowest BCUT2D eigenvalue weighted by Gasteiger charge is -2.28. The van der Waals surface area contributed by atoms with Crippen molar-refractivity contribution >= 4 is 28.4 Å². The molecular formula is C34H40FN7O5. The van der Waals surface area contributed by atoms with Crippen molar-refractivity contribution in [2.45, 2.75) is 31.6 Å². The van der Waals surface area contributed by atoms with E-state index in [0.717, 1.165) is 46.3 Å². The summed E-state index contributed by atoms with van der Waals surface area (Å²) >= 11 is 0. The van der Waals surface area contributed by atoms with Gasteiger partial charge in [-0.1, -0.05) is 6.07 Å². The standard InChI is InChI=1S/C34H40FN7O5/c1-41(13-10-22-3-8-29(47-36)30(15-22)45-2)31(43)18-42-14-11-34(19-42,20-46-21-35)33(44)38-25-6-7-27-26(17-25)32(40-39-27)24-9-12-37-28(16-24)23-4-5-23/h3,6-9,12,15-17,23H,4-5,10-11,13-14,18-21,36H2,1-2H3,(H,38,44)(H,39,40)/t34-/m1/s1. The summed E-state index contributed by atoms with van der Waals surface area (Å²) in [6.45, 7) is 0.269. The molecule has 0 spiro atoms. The van der Waals surface area contributed by atoms with Crippen LogP contribution < -0.4 is 20.8 Å². The summed E-state index contributed by atoms with van der Waals surface area (Å²) in [6.07, 6.45) is 5.15. The molecule has 0 unspecified atom stereocenters. The van der Waals surface area contributed by atoms with E-state index in [2.05, 4.69) is 26.6 Å². The van der Waals surface area contributed by atoms with Crippen LogP contribution in [0.15, 0.2) is 54.7 Å². The lowest BCUT2D eigenvalue weighted by atomic mass is 9.86. The van der Waals surface area contributed by atoms with Gasteiger partial charge in [0.05, 0.1) is 31.2 Å². The number of fused-ring (bicyclic) bond motifs is 1. The Morgan fingerprint density at radius 2 is 2.02 bits per heavy atom. The van der Waals surface area contributed by atoms with Gasteiger partial charge in [0.2, 0.25) is 11.8 Å². The number of nitrogens with two attached hydrogens (primary N) is 1. The fraction of sp³-hybridized carbons (Fsp3) is 0.412. The summed E-state index contributed by atoms with van der Waals surface area (Å²) in [6, 6.07) is 15.0. The van der Waals surface area contributed by atoms with Gasteiger partial charge in [-0.15, -0.1) is 0 Å². The number of nitrogens with one attached hydrogen (secondary N) is 2. The van der Waals surface area contributed by atoms with Gasteiger partial charge >= 0.3 is 0 Å². The SMILES string of the molecule is COc1cc(CCN(C)C(=O)CN2CC[C@@](COCF)(C(=O)Nc3ccc4[nH]nc(-c5ccnc(C6CC6)c5)c4c3)C2)ccc1ON. The highest BCUT2D eigenvalue weighted by Crippen LogP contribution is 2.40. The molecule has 6 rings (SSSR count). The van der Waals surface area contributed by atoms with Crippen molar-refractivity contribution in [2.24, 2.45) is 11.3 Å². The van der Waals surface area contributed by atoms with Crippen molar-refractivity contribution in [1.29, 1.82) is 0 Å². The zero-order valence-electron chi connectivity index (χ0n) is 26.6. The Morgan fingerprint density at radius 3 is 2.79 bits per heavy atom. The Kier molecular flexibility index (Phi) is 9.66. The molecule has 2 aliphatic rings. The third kappa shape index (κ3) is 7.22. The Labute approximate surface area is 272 Å². The van der Waals surface area contributed by atoms with Crippen LogP contribution in [0.5, 0.6) is 11.5 Å². The summed E-state index contributed by atoms with van der Waals surface area (Å²) in [5.74, 6) is 6.37. The number of carbonyl (C=O) groups excluding carboxylic acids is 2. The highest BCUT2D eigenvalue weighted by Gasteiger charge is 2.45. The summed E-state index contributed by atoms with van der Waals surface area (Å²) in [4.78, 5) is 39.9. The van der Waals surface area contributed by atoms with Gasteiger partial charge < -0.3 is 24.5 Å². The van der Waals surface area contributed by atoms with Crippen molar-refractivity contribution in [2.75, 3.05) is 59.1 Å². The average molecular weight is 646 g/mol. The first-order valence-electron chi connectivity index (χ1n) is 15.7. The monoisotopic (exact) mass is 645 g/mol. The molecule has 13 heteroatoms. The van der Waals surface area contributed by atoms with E-state index < -0.39 is 12.3 Å². The van der Waals surface area contributed by atoms with Crippen LogP contribution in [0.25, 0.3) is 22.2 Å². The number of benzene rings is 2. The highest BCUT2D eigenvalue weighted by molar-refractivity contribution is 6.00. The van der Waals surface area contributed by atoms with E-state index in [-0.39, 0.29) is 31.5 Å². The minimum atomic E-state index is -1.02. The number of halogens is 1. The van der Waals surface area contributed by atoms with Crippen LogP contribution in [-0.2, 0) is 20.7 Å². The molecule has 2 aromatic carbocycles. The number of carbonyl (C=O) groups is 2. The number of nitrogens with zero attached hydrogens (tertiary/aromatic N) is 4. The second-order valence-electron chi connectivity index (χ2n) is 12.4. The van der Waals surface area contributed by atoms with Crippen LogP contribution in [0.1, 0.15) is 36.4 Å². The number of amides is 2. The molecule has 3 heterocycles. The molecule has 0 radical (unpaired) electrons. The summed E-state index contributed by atoms with van der Waals surface area (Å²) in [7, 11) is 3.28. The molecule has 4 N–H and O–H groups in total. The average Bonchev–Trinajstić information content (AvgIpc) is 3.74. The lowest BCUT2D eigenvalue weighted by Crippen LogP contribution is -2.44. The molecular weight excluding hydrogens is 605 g/mol. The van der Waals surface area contributed by atoms with E-state index in [1.807, 2.05) is 47.5 Å². The number of aromatic amines is 1. The van der Waals surface area contributed by atoms with Crippen molar-refractivity contribution in [3.8, 4) is 22.8 Å². The van der Waals surface area contributed by atoms with Crippen molar-refractivity contribution < 1.29 is 28.3 Å². The van der Waals surface area contributed by atoms with Gasteiger partial charge in [-0.25, -0.2) is 4.39 Å². The predicted molar refractivity (Wildman–Crippen MR) is 174 cm³/mol. The highest BCUT2D eigenvalue weighted by atomic mass is 19.1. The number of H-pyrrole nitrogens is 1. The Bertz CT molecular complexity index is 1750. The fourth-order valence-corrected chi connectivity index (χ4v) is 6.17. The molecule has 2 fully saturated rings. The first kappa shape index (κ1) is 32.4. The fourth-order valence-electron chi connectivity index (χ4n) is 6.17. The van der Waals surface area contributed by atoms with Crippen LogP contribution in [0, 0.1) is 5.41 Å². The van der Waals surface area contributed by atoms with E-state index in [1.54, 1.807) is 18.0 Å². The number of ether oxygens (including phenoxy) is 2. The molecule has 1 aliphatic carbocycles. The van der Waals surface area contributed by atoms with Gasteiger partial charge in [0, 0.05) is 54.6 Å². The van der Waals surface area contributed by atoms with Crippen LogP contribution in [0.3, 0.4) is 0 Å². The molecule has 1 atom stereocenters. The molecule has 1 saturated carbocycles. The van der Waals surface area contributed by atoms with Crippen molar-refractivity contribution in [3.05, 3.63) is 66.0 Å². The normalized spacial score (nSPS) is 18.0. The van der Waals surface area contributed by atoms with E-state index in [4.69, 9.17) is 20.2 Å². The van der Waals surface area contributed by atoms with E-state index in [9.17, 15) is 14.0 Å². The number of anilines is 1. The van der Waals surface area contributed by atoms with Crippen LogP contribution in [0.2, 0.25) is 0 Å². The number of hydrogen-bond acceptors (Lipinski definition) is 9. The largest absolute Gasteiger partial charge is 0.493 e. The number of likely N-dealkylation sites (tertiary alicyclic amines) is 1. The number of rotatable bonds is 14. The van der Waals surface area contributed by atoms with Crippen molar-refractivity contribution in [3.63, 3.8) is 0 Å². The number of alkyl halides is 1. The summed E-state index contributed by atoms with van der Waals surface area (Å²) in [5, 5.41) is 11.5. The third-order valence-corrected chi connectivity index (χ3v) is 9.12. The smallest absolute Gasteiger partial charge is 0.236 e. The number of hydrogen-bond donors (Lipinski definition) is 3. The van der Waals surface area contributed by atoms with Gasteiger partial charge in [0.25, 0.3) is 0 Å². The van der Waals surface area contributed by atoms with E-state index in [1.165, 1.54) is 7.11 Å². The van der Waals surface area contributed by atoms with E-state index >= 15 is 0 Å². The Balaban J connectivity index is 1.10.